The SMILES string of the molecule is Cc1cc(C)cc(C(=O)NNC(=O)c2cc(Br)c[nH]2)c1. The summed E-state index contributed by atoms with van der Waals surface area (Å²) in [5.41, 5.74) is 7.60. The van der Waals surface area contributed by atoms with Crippen LogP contribution in [0.3, 0.4) is 0 Å². The predicted octanol–water partition coefficient (Wildman–Crippen LogP) is 2.47. The minimum atomic E-state index is -0.409. The number of carbonyl (C=O) groups excluding carboxylic acids is 2. The zero-order chi connectivity index (χ0) is 14.7. The molecule has 3 N–H and O–H groups in total. The Balaban J connectivity index is 2.00. The fourth-order valence-corrected chi connectivity index (χ4v) is 2.20. The zero-order valence-corrected chi connectivity index (χ0v) is 12.7. The fraction of sp³-hybridized carbons (Fsp3) is 0.143. The molecule has 0 bridgehead atoms. The average molecular weight is 336 g/mol. The Morgan fingerprint density at radius 2 is 1.60 bits per heavy atom. The molecule has 1 aromatic carbocycles. The van der Waals surface area contributed by atoms with Gasteiger partial charge in [0.05, 0.1) is 0 Å². The molecule has 0 atom stereocenters. The molecule has 1 heterocycles. The van der Waals surface area contributed by atoms with E-state index in [1.165, 1.54) is 0 Å². The number of benzene rings is 1. The topological polar surface area (TPSA) is 74.0 Å². The lowest BCUT2D eigenvalue weighted by Gasteiger charge is -2.08. The molecule has 104 valence electrons. The highest BCUT2D eigenvalue weighted by Crippen LogP contribution is 2.10. The number of aromatic nitrogens is 1. The van der Waals surface area contributed by atoms with Crippen molar-refractivity contribution in [1.82, 2.24) is 15.8 Å². The van der Waals surface area contributed by atoms with Crippen LogP contribution in [0, 0.1) is 13.8 Å². The van der Waals surface area contributed by atoms with Crippen molar-refractivity contribution in [3.63, 3.8) is 0 Å². The van der Waals surface area contributed by atoms with Gasteiger partial charge in [-0.3, -0.25) is 20.4 Å². The van der Waals surface area contributed by atoms with Gasteiger partial charge in [0.2, 0.25) is 0 Å². The van der Waals surface area contributed by atoms with E-state index in [4.69, 9.17) is 0 Å². The molecule has 0 aliphatic heterocycles. The van der Waals surface area contributed by atoms with Crippen LogP contribution in [0.2, 0.25) is 0 Å². The summed E-state index contributed by atoms with van der Waals surface area (Å²) in [6.45, 7) is 3.83. The molecule has 2 rings (SSSR count). The molecule has 0 saturated carbocycles. The number of amides is 2. The third kappa shape index (κ3) is 3.48. The second-order valence-electron chi connectivity index (χ2n) is 4.52. The molecule has 0 unspecified atom stereocenters. The van der Waals surface area contributed by atoms with Gasteiger partial charge in [-0.1, -0.05) is 17.2 Å². The molecule has 0 aliphatic carbocycles. The highest BCUT2D eigenvalue weighted by atomic mass is 79.9. The molecule has 2 aromatic rings. The lowest BCUT2D eigenvalue weighted by molar-refractivity contribution is 0.0844. The number of H-pyrrole nitrogens is 1. The third-order valence-electron chi connectivity index (χ3n) is 2.67. The molecule has 6 heteroatoms. The normalized spacial score (nSPS) is 10.2. The molecule has 0 fully saturated rings. The molecule has 20 heavy (non-hydrogen) atoms. The Morgan fingerprint density at radius 1 is 1.00 bits per heavy atom. The first-order valence-electron chi connectivity index (χ1n) is 5.98. The van der Waals surface area contributed by atoms with Gasteiger partial charge < -0.3 is 4.98 Å². The highest BCUT2D eigenvalue weighted by Gasteiger charge is 2.11. The summed E-state index contributed by atoms with van der Waals surface area (Å²) in [5.74, 6) is -0.760. The van der Waals surface area contributed by atoms with E-state index < -0.39 is 5.91 Å². The van der Waals surface area contributed by atoms with Gasteiger partial charge in [0.1, 0.15) is 5.69 Å². The Bertz CT molecular complexity index is 644. The van der Waals surface area contributed by atoms with Crippen molar-refractivity contribution in [2.75, 3.05) is 0 Å². The average Bonchev–Trinajstić information content (AvgIpc) is 2.81. The van der Waals surface area contributed by atoms with E-state index in [1.807, 2.05) is 19.9 Å². The molecular weight excluding hydrogens is 322 g/mol. The molecule has 0 aliphatic rings. The molecule has 5 nitrogen and oxygen atoms in total. The van der Waals surface area contributed by atoms with Gasteiger partial charge in [-0.05, 0) is 48.0 Å². The summed E-state index contributed by atoms with van der Waals surface area (Å²) in [6, 6.07) is 7.13. The number of halogens is 1. The second-order valence-corrected chi connectivity index (χ2v) is 5.43. The molecule has 0 saturated heterocycles. The standard InChI is InChI=1S/C14H14BrN3O2/c1-8-3-9(2)5-10(4-8)13(19)17-18-14(20)12-6-11(15)7-16-12/h3-7,16H,1-2H3,(H,17,19)(H,18,20). The van der Waals surface area contributed by atoms with Crippen molar-refractivity contribution in [3.8, 4) is 0 Å². The lowest BCUT2D eigenvalue weighted by atomic mass is 10.1. The zero-order valence-electron chi connectivity index (χ0n) is 11.1. The van der Waals surface area contributed by atoms with Gasteiger partial charge in [-0.2, -0.15) is 0 Å². The Labute approximate surface area is 124 Å². The summed E-state index contributed by atoms with van der Waals surface area (Å²) in [6.07, 6.45) is 1.64. The molecule has 1 aromatic heterocycles. The number of hydrogen-bond acceptors (Lipinski definition) is 2. The van der Waals surface area contributed by atoms with Crippen LogP contribution in [0.15, 0.2) is 34.9 Å². The van der Waals surface area contributed by atoms with Crippen molar-refractivity contribution < 1.29 is 9.59 Å². The first-order valence-corrected chi connectivity index (χ1v) is 6.78. The Morgan fingerprint density at radius 3 is 2.15 bits per heavy atom. The molecule has 2 amide bonds. The van der Waals surface area contributed by atoms with Crippen molar-refractivity contribution in [2.45, 2.75) is 13.8 Å². The number of hydrazine groups is 1. The van der Waals surface area contributed by atoms with Crippen LogP contribution in [0.1, 0.15) is 32.0 Å². The van der Waals surface area contributed by atoms with E-state index in [0.717, 1.165) is 15.6 Å². The third-order valence-corrected chi connectivity index (χ3v) is 3.12. The minimum Gasteiger partial charge on any atom is -0.356 e. The van der Waals surface area contributed by atoms with Gasteiger partial charge in [0.25, 0.3) is 11.8 Å². The van der Waals surface area contributed by atoms with E-state index in [9.17, 15) is 9.59 Å². The first-order chi connectivity index (χ1) is 9.45. The maximum Gasteiger partial charge on any atom is 0.286 e. The Kier molecular flexibility index (Phi) is 4.24. The largest absolute Gasteiger partial charge is 0.356 e. The van der Waals surface area contributed by atoms with Gasteiger partial charge in [-0.25, -0.2) is 0 Å². The number of aryl methyl sites for hydroxylation is 2. The van der Waals surface area contributed by atoms with Gasteiger partial charge in [-0.15, -0.1) is 0 Å². The monoisotopic (exact) mass is 335 g/mol. The van der Waals surface area contributed by atoms with Crippen molar-refractivity contribution in [2.24, 2.45) is 0 Å². The van der Waals surface area contributed by atoms with Crippen molar-refractivity contribution >= 4 is 27.7 Å². The van der Waals surface area contributed by atoms with Crippen LogP contribution in [0.25, 0.3) is 0 Å². The van der Waals surface area contributed by atoms with Crippen LogP contribution >= 0.6 is 15.9 Å². The second kappa shape index (κ2) is 5.92. The summed E-state index contributed by atoms with van der Waals surface area (Å²) >= 11 is 3.23. The number of carbonyl (C=O) groups is 2. The van der Waals surface area contributed by atoms with E-state index in [-0.39, 0.29) is 5.91 Å². The van der Waals surface area contributed by atoms with Crippen LogP contribution in [-0.2, 0) is 0 Å². The number of rotatable bonds is 2. The maximum absolute atomic E-state index is 11.9. The highest BCUT2D eigenvalue weighted by molar-refractivity contribution is 9.10. The summed E-state index contributed by atoms with van der Waals surface area (Å²) in [5, 5.41) is 0. The van der Waals surface area contributed by atoms with E-state index in [0.29, 0.717) is 11.3 Å². The maximum atomic E-state index is 11.9. The van der Waals surface area contributed by atoms with Crippen molar-refractivity contribution in [1.29, 1.82) is 0 Å². The van der Waals surface area contributed by atoms with Crippen LogP contribution in [0.4, 0.5) is 0 Å². The summed E-state index contributed by atoms with van der Waals surface area (Å²) in [7, 11) is 0. The van der Waals surface area contributed by atoms with E-state index in [2.05, 4.69) is 31.8 Å². The minimum absolute atomic E-state index is 0.351. The lowest BCUT2D eigenvalue weighted by Crippen LogP contribution is -2.41. The Hall–Kier alpha value is -2.08. The van der Waals surface area contributed by atoms with E-state index >= 15 is 0 Å². The number of hydrogen-bond donors (Lipinski definition) is 3. The van der Waals surface area contributed by atoms with Crippen LogP contribution in [-0.4, -0.2) is 16.8 Å². The quantitative estimate of drug-likeness (QED) is 0.737. The number of nitrogens with one attached hydrogen (secondary N) is 3. The van der Waals surface area contributed by atoms with Crippen LogP contribution < -0.4 is 10.9 Å². The predicted molar refractivity (Wildman–Crippen MR) is 79.3 cm³/mol. The summed E-state index contributed by atoms with van der Waals surface area (Å²) < 4.78 is 0.767. The van der Waals surface area contributed by atoms with Gasteiger partial charge in [0.15, 0.2) is 0 Å². The summed E-state index contributed by atoms with van der Waals surface area (Å²) in [4.78, 5) is 26.5. The van der Waals surface area contributed by atoms with Crippen LogP contribution in [0.5, 0.6) is 0 Å². The fourth-order valence-electron chi connectivity index (χ4n) is 1.86. The van der Waals surface area contributed by atoms with Gasteiger partial charge in [0, 0.05) is 16.2 Å². The van der Waals surface area contributed by atoms with Crippen molar-refractivity contribution in [3.05, 3.63) is 57.3 Å². The molecule has 0 spiro atoms. The van der Waals surface area contributed by atoms with Gasteiger partial charge >= 0.3 is 0 Å². The van der Waals surface area contributed by atoms with E-state index in [1.54, 1.807) is 24.4 Å². The number of aromatic amines is 1. The molecular formula is C14H14BrN3O2. The first kappa shape index (κ1) is 14.3. The molecule has 0 radical (unpaired) electrons. The smallest absolute Gasteiger partial charge is 0.286 e.